The van der Waals surface area contributed by atoms with Gasteiger partial charge >= 0.3 is 17.9 Å². The number of carbonyl (C=O) groups is 3. The molecule has 0 spiro atoms. The van der Waals surface area contributed by atoms with E-state index in [1.807, 2.05) is 60.7 Å². The number of rotatable bonds is 6. The second-order valence-corrected chi connectivity index (χ2v) is 7.88. The summed E-state index contributed by atoms with van der Waals surface area (Å²) < 4.78 is 15.2. The Morgan fingerprint density at radius 3 is 1.47 bits per heavy atom. The summed E-state index contributed by atoms with van der Waals surface area (Å²) in [6, 6.07) is 27.7. The molecule has 6 heteroatoms. The van der Waals surface area contributed by atoms with Gasteiger partial charge in [-0.3, -0.25) is 0 Å². The van der Waals surface area contributed by atoms with E-state index >= 15 is 0 Å². The summed E-state index contributed by atoms with van der Waals surface area (Å²) in [5.41, 5.74) is 3.81. The summed E-state index contributed by atoms with van der Waals surface area (Å²) in [5, 5.41) is 0. The maximum Gasteiger partial charge on any atom is 0.339 e. The van der Waals surface area contributed by atoms with Crippen molar-refractivity contribution in [3.63, 3.8) is 0 Å². The van der Waals surface area contributed by atoms with Crippen LogP contribution in [0.15, 0.2) is 91.0 Å². The number of carbonyl (C=O) groups excluding carboxylic acids is 3. The lowest BCUT2D eigenvalue weighted by Gasteiger charge is -2.20. The van der Waals surface area contributed by atoms with Crippen LogP contribution in [0.25, 0.3) is 33.4 Å². The van der Waals surface area contributed by atoms with E-state index in [9.17, 15) is 14.4 Å². The van der Waals surface area contributed by atoms with Crippen molar-refractivity contribution in [2.45, 2.75) is 0 Å². The largest absolute Gasteiger partial charge is 0.465 e. The van der Waals surface area contributed by atoms with Gasteiger partial charge in [0.1, 0.15) is 0 Å². The van der Waals surface area contributed by atoms with E-state index in [0.717, 1.165) is 11.1 Å². The van der Waals surface area contributed by atoms with Crippen LogP contribution in [0.5, 0.6) is 0 Å². The standard InChI is InChI=1S/C30H24O6/c1-34-28(31)24-18-23(21-16-14-20(15-17-21)19-10-6-4-7-11-19)26(29(32)35-2)27(30(33)36-3)25(24)22-12-8-5-9-13-22/h4-18H,1-3H3. The fourth-order valence-electron chi connectivity index (χ4n) is 4.18. The molecule has 0 aliphatic carbocycles. The molecule has 6 nitrogen and oxygen atoms in total. The van der Waals surface area contributed by atoms with E-state index in [1.54, 1.807) is 30.3 Å². The number of hydrogen-bond acceptors (Lipinski definition) is 6. The summed E-state index contributed by atoms with van der Waals surface area (Å²) in [4.78, 5) is 39.2. The molecule has 0 unspecified atom stereocenters. The van der Waals surface area contributed by atoms with E-state index in [2.05, 4.69) is 0 Å². The Balaban J connectivity index is 2.06. The molecule has 4 rings (SSSR count). The van der Waals surface area contributed by atoms with Gasteiger partial charge in [-0.2, -0.15) is 0 Å². The highest BCUT2D eigenvalue weighted by Gasteiger charge is 2.32. The van der Waals surface area contributed by atoms with Gasteiger partial charge in [-0.05, 0) is 33.9 Å². The monoisotopic (exact) mass is 480 g/mol. The lowest BCUT2D eigenvalue weighted by molar-refractivity contribution is 0.0554. The zero-order valence-corrected chi connectivity index (χ0v) is 20.1. The molecule has 180 valence electrons. The van der Waals surface area contributed by atoms with Crippen LogP contribution in [-0.4, -0.2) is 39.2 Å². The third-order valence-corrected chi connectivity index (χ3v) is 5.88. The van der Waals surface area contributed by atoms with Gasteiger partial charge < -0.3 is 14.2 Å². The van der Waals surface area contributed by atoms with Crippen molar-refractivity contribution in [2.24, 2.45) is 0 Å². The van der Waals surface area contributed by atoms with Gasteiger partial charge in [0.15, 0.2) is 0 Å². The van der Waals surface area contributed by atoms with Gasteiger partial charge in [0.05, 0.1) is 38.0 Å². The SMILES string of the molecule is COC(=O)c1cc(-c2ccc(-c3ccccc3)cc2)c(C(=O)OC)c(C(=O)OC)c1-c1ccccc1. The zero-order valence-electron chi connectivity index (χ0n) is 20.1. The lowest BCUT2D eigenvalue weighted by atomic mass is 9.85. The number of benzene rings is 4. The number of hydrogen-bond donors (Lipinski definition) is 0. The predicted octanol–water partition coefficient (Wildman–Crippen LogP) is 6.05. The molecule has 36 heavy (non-hydrogen) atoms. The molecule has 0 atom stereocenters. The highest BCUT2D eigenvalue weighted by atomic mass is 16.5. The van der Waals surface area contributed by atoms with Crippen molar-refractivity contribution < 1.29 is 28.6 Å². The van der Waals surface area contributed by atoms with Crippen LogP contribution in [0, 0.1) is 0 Å². The first-order chi connectivity index (χ1) is 17.5. The van der Waals surface area contributed by atoms with E-state index in [-0.39, 0.29) is 22.3 Å². The Morgan fingerprint density at radius 1 is 0.500 bits per heavy atom. The van der Waals surface area contributed by atoms with Gasteiger partial charge in [-0.15, -0.1) is 0 Å². The average Bonchev–Trinajstić information content (AvgIpc) is 2.95. The van der Waals surface area contributed by atoms with Gasteiger partial charge in [-0.25, -0.2) is 14.4 Å². The maximum absolute atomic E-state index is 13.2. The van der Waals surface area contributed by atoms with Gasteiger partial charge in [0.25, 0.3) is 0 Å². The molecule has 0 radical (unpaired) electrons. The normalized spacial score (nSPS) is 10.4. The molecular formula is C30H24O6. The van der Waals surface area contributed by atoms with Crippen LogP contribution in [0.1, 0.15) is 31.1 Å². The molecule has 0 bridgehead atoms. The Bertz CT molecular complexity index is 1410. The van der Waals surface area contributed by atoms with Crippen LogP contribution >= 0.6 is 0 Å². The first-order valence-electron chi connectivity index (χ1n) is 11.2. The molecule has 0 saturated carbocycles. The topological polar surface area (TPSA) is 78.9 Å². The molecule has 0 fully saturated rings. The van der Waals surface area contributed by atoms with Crippen molar-refractivity contribution in [2.75, 3.05) is 21.3 Å². The molecule has 4 aromatic rings. The molecular weight excluding hydrogens is 456 g/mol. The third-order valence-electron chi connectivity index (χ3n) is 5.88. The molecule has 0 aliphatic rings. The van der Waals surface area contributed by atoms with Crippen LogP contribution < -0.4 is 0 Å². The Labute approximate surface area is 209 Å². The molecule has 0 aromatic heterocycles. The summed E-state index contributed by atoms with van der Waals surface area (Å²) in [5.74, 6) is -2.16. The molecule has 0 saturated heterocycles. The Hall–Kier alpha value is -4.71. The fraction of sp³-hybridized carbons (Fsp3) is 0.100. The van der Waals surface area contributed by atoms with Crippen molar-refractivity contribution >= 4 is 17.9 Å². The molecule has 0 amide bonds. The van der Waals surface area contributed by atoms with E-state index < -0.39 is 17.9 Å². The summed E-state index contributed by atoms with van der Waals surface area (Å²) in [6.45, 7) is 0. The predicted molar refractivity (Wildman–Crippen MR) is 137 cm³/mol. The number of ether oxygens (including phenoxy) is 3. The highest BCUT2D eigenvalue weighted by Crippen LogP contribution is 2.38. The average molecular weight is 481 g/mol. The smallest absolute Gasteiger partial charge is 0.339 e. The zero-order chi connectivity index (χ0) is 25.7. The molecule has 0 N–H and O–H groups in total. The van der Waals surface area contributed by atoms with E-state index in [4.69, 9.17) is 14.2 Å². The maximum atomic E-state index is 13.2. The summed E-state index contributed by atoms with van der Waals surface area (Å²) >= 11 is 0. The summed E-state index contributed by atoms with van der Waals surface area (Å²) in [6.07, 6.45) is 0. The van der Waals surface area contributed by atoms with E-state index in [1.165, 1.54) is 21.3 Å². The minimum Gasteiger partial charge on any atom is -0.465 e. The van der Waals surface area contributed by atoms with Crippen LogP contribution in [-0.2, 0) is 14.2 Å². The van der Waals surface area contributed by atoms with Crippen molar-refractivity contribution in [3.05, 3.63) is 108 Å². The van der Waals surface area contributed by atoms with Crippen molar-refractivity contribution in [1.29, 1.82) is 0 Å². The minimum absolute atomic E-state index is 0.00307. The van der Waals surface area contributed by atoms with Crippen molar-refractivity contribution in [3.8, 4) is 33.4 Å². The second-order valence-electron chi connectivity index (χ2n) is 7.88. The molecule has 4 aromatic carbocycles. The number of methoxy groups -OCH3 is 3. The highest BCUT2D eigenvalue weighted by molar-refractivity contribution is 6.16. The Kier molecular flexibility index (Phi) is 7.25. The van der Waals surface area contributed by atoms with Gasteiger partial charge in [0, 0.05) is 5.56 Å². The van der Waals surface area contributed by atoms with Crippen molar-refractivity contribution in [1.82, 2.24) is 0 Å². The molecule has 0 heterocycles. The number of esters is 3. The van der Waals surface area contributed by atoms with Crippen LogP contribution in [0.3, 0.4) is 0 Å². The third kappa shape index (κ3) is 4.61. The lowest BCUT2D eigenvalue weighted by Crippen LogP contribution is -2.18. The van der Waals surface area contributed by atoms with E-state index in [0.29, 0.717) is 16.7 Å². The van der Waals surface area contributed by atoms with Crippen LogP contribution in [0.2, 0.25) is 0 Å². The first-order valence-corrected chi connectivity index (χ1v) is 11.2. The fourth-order valence-corrected chi connectivity index (χ4v) is 4.18. The first kappa shape index (κ1) is 24.4. The summed E-state index contributed by atoms with van der Waals surface area (Å²) in [7, 11) is 3.72. The Morgan fingerprint density at radius 2 is 0.944 bits per heavy atom. The second kappa shape index (κ2) is 10.7. The van der Waals surface area contributed by atoms with Gasteiger partial charge in [0.2, 0.25) is 0 Å². The molecule has 0 aliphatic heterocycles. The quantitative estimate of drug-likeness (QED) is 0.247. The minimum atomic E-state index is -0.776. The van der Waals surface area contributed by atoms with Crippen LogP contribution in [0.4, 0.5) is 0 Å². The van der Waals surface area contributed by atoms with Gasteiger partial charge in [-0.1, -0.05) is 84.9 Å².